The van der Waals surface area contributed by atoms with Gasteiger partial charge < -0.3 is 24.4 Å². The Morgan fingerprint density at radius 1 is 1.00 bits per heavy atom. The summed E-state index contributed by atoms with van der Waals surface area (Å²) in [5.74, 6) is 1.22. The van der Waals surface area contributed by atoms with Gasteiger partial charge in [0, 0.05) is 12.6 Å². The van der Waals surface area contributed by atoms with Gasteiger partial charge in [0.15, 0.2) is 18.1 Å². The Bertz CT molecular complexity index is 869. The quantitative estimate of drug-likeness (QED) is 0.594. The lowest BCUT2D eigenvalue weighted by Crippen LogP contribution is -2.51. The summed E-state index contributed by atoms with van der Waals surface area (Å²) < 4.78 is 16.3. The molecule has 0 saturated carbocycles. The number of nitrogens with one attached hydrogen (secondary N) is 1. The second-order valence-corrected chi connectivity index (χ2v) is 7.40. The van der Waals surface area contributed by atoms with Gasteiger partial charge in [0.05, 0.1) is 14.2 Å². The fourth-order valence-corrected chi connectivity index (χ4v) is 3.23. The number of amides is 2. The normalized spacial score (nSPS) is 11.5. The van der Waals surface area contributed by atoms with Crippen molar-refractivity contribution >= 4 is 11.8 Å². The van der Waals surface area contributed by atoms with E-state index in [1.54, 1.807) is 37.3 Å². The van der Waals surface area contributed by atoms with E-state index in [1.165, 1.54) is 0 Å². The third-order valence-corrected chi connectivity index (χ3v) is 4.72. The van der Waals surface area contributed by atoms with E-state index in [4.69, 9.17) is 14.2 Å². The Balaban J connectivity index is 2.25. The van der Waals surface area contributed by atoms with Crippen molar-refractivity contribution in [3.63, 3.8) is 0 Å². The minimum atomic E-state index is -0.623. The van der Waals surface area contributed by atoms with Crippen LogP contribution in [-0.2, 0) is 16.1 Å². The zero-order chi connectivity index (χ0) is 22.8. The summed E-state index contributed by atoms with van der Waals surface area (Å²) in [6.07, 6.45) is 0.475. The average molecular weight is 429 g/mol. The summed E-state index contributed by atoms with van der Waals surface area (Å²) in [4.78, 5) is 27.6. The van der Waals surface area contributed by atoms with Crippen LogP contribution in [0.25, 0.3) is 0 Å². The van der Waals surface area contributed by atoms with Gasteiger partial charge in [0.2, 0.25) is 5.91 Å². The van der Waals surface area contributed by atoms with Gasteiger partial charge >= 0.3 is 0 Å². The molecule has 2 aromatic rings. The summed E-state index contributed by atoms with van der Waals surface area (Å²) in [5.41, 5.74) is 0.862. The predicted molar refractivity (Wildman–Crippen MR) is 119 cm³/mol. The van der Waals surface area contributed by atoms with Gasteiger partial charge in [0.25, 0.3) is 5.91 Å². The first-order valence-electron chi connectivity index (χ1n) is 10.4. The maximum absolute atomic E-state index is 13.2. The van der Waals surface area contributed by atoms with Gasteiger partial charge in [-0.1, -0.05) is 31.2 Å². The first kappa shape index (κ1) is 24.1. The Kier molecular flexibility index (Phi) is 9.18. The third kappa shape index (κ3) is 6.91. The van der Waals surface area contributed by atoms with Gasteiger partial charge in [-0.3, -0.25) is 9.59 Å². The summed E-state index contributed by atoms with van der Waals surface area (Å²) >= 11 is 0. The van der Waals surface area contributed by atoms with E-state index in [0.29, 0.717) is 23.7 Å². The number of ether oxygens (including phenoxy) is 3. The molecule has 0 heterocycles. The fraction of sp³-hybridized carbons (Fsp3) is 0.417. The molecule has 0 spiro atoms. The zero-order valence-electron chi connectivity index (χ0n) is 18.9. The number of benzene rings is 2. The van der Waals surface area contributed by atoms with Gasteiger partial charge in [-0.15, -0.1) is 0 Å². The highest BCUT2D eigenvalue weighted by Gasteiger charge is 2.29. The Morgan fingerprint density at radius 2 is 1.71 bits per heavy atom. The first-order chi connectivity index (χ1) is 14.9. The van der Waals surface area contributed by atoms with Crippen LogP contribution >= 0.6 is 0 Å². The van der Waals surface area contributed by atoms with Crippen molar-refractivity contribution in [1.29, 1.82) is 0 Å². The zero-order valence-corrected chi connectivity index (χ0v) is 18.9. The minimum absolute atomic E-state index is 0.0276. The predicted octanol–water partition coefficient (Wildman–Crippen LogP) is 3.41. The molecule has 2 aromatic carbocycles. The molecular weight excluding hydrogens is 396 g/mol. The number of nitrogens with zero attached hydrogens (tertiary/aromatic N) is 1. The van der Waals surface area contributed by atoms with Crippen LogP contribution in [0.15, 0.2) is 48.5 Å². The SMILES string of the molecule is CCC(C(=O)NC(C)C)N(Cc1cccc(OC)c1)C(=O)COc1ccccc1OC. The molecule has 31 heavy (non-hydrogen) atoms. The molecule has 1 N–H and O–H groups in total. The summed E-state index contributed by atoms with van der Waals surface area (Å²) in [6.45, 7) is 5.72. The van der Waals surface area contributed by atoms with Crippen LogP contribution in [0.2, 0.25) is 0 Å². The van der Waals surface area contributed by atoms with Crippen LogP contribution < -0.4 is 19.5 Å². The standard InChI is InChI=1S/C24H32N2O5/c1-6-20(24(28)25-17(2)3)26(15-18-10-9-11-19(14-18)29-4)23(27)16-31-22-13-8-7-12-21(22)30-5/h7-14,17,20H,6,15-16H2,1-5H3,(H,25,28). The molecule has 0 aromatic heterocycles. The highest BCUT2D eigenvalue weighted by atomic mass is 16.5. The molecule has 0 fully saturated rings. The number of rotatable bonds is 11. The summed E-state index contributed by atoms with van der Waals surface area (Å²) in [7, 11) is 3.14. The Labute approximate surface area is 184 Å². The van der Waals surface area contributed by atoms with Crippen LogP contribution in [0.3, 0.4) is 0 Å². The highest BCUT2D eigenvalue weighted by Crippen LogP contribution is 2.26. The fourth-order valence-electron chi connectivity index (χ4n) is 3.23. The van der Waals surface area contributed by atoms with E-state index in [1.807, 2.05) is 51.1 Å². The second-order valence-electron chi connectivity index (χ2n) is 7.40. The lowest BCUT2D eigenvalue weighted by atomic mass is 10.1. The summed E-state index contributed by atoms with van der Waals surface area (Å²) in [5, 5.41) is 2.91. The molecule has 0 radical (unpaired) electrons. The molecule has 0 aliphatic rings. The second kappa shape index (κ2) is 11.8. The molecule has 0 saturated heterocycles. The van der Waals surface area contributed by atoms with Crippen molar-refractivity contribution in [2.75, 3.05) is 20.8 Å². The lowest BCUT2D eigenvalue weighted by Gasteiger charge is -2.31. The lowest BCUT2D eigenvalue weighted by molar-refractivity contribution is -0.143. The highest BCUT2D eigenvalue weighted by molar-refractivity contribution is 5.88. The average Bonchev–Trinajstić information content (AvgIpc) is 2.77. The van der Waals surface area contributed by atoms with Crippen molar-refractivity contribution < 1.29 is 23.8 Å². The van der Waals surface area contributed by atoms with Crippen molar-refractivity contribution in [2.24, 2.45) is 0 Å². The molecule has 168 valence electrons. The Hall–Kier alpha value is -3.22. The molecular formula is C24H32N2O5. The van der Waals surface area contributed by atoms with Gasteiger partial charge in [0.1, 0.15) is 11.8 Å². The van der Waals surface area contributed by atoms with Crippen molar-refractivity contribution in [3.05, 3.63) is 54.1 Å². The van der Waals surface area contributed by atoms with Crippen molar-refractivity contribution in [2.45, 2.75) is 45.8 Å². The first-order valence-corrected chi connectivity index (χ1v) is 10.4. The van der Waals surface area contributed by atoms with Crippen LogP contribution in [0.1, 0.15) is 32.8 Å². The third-order valence-electron chi connectivity index (χ3n) is 4.72. The number of methoxy groups -OCH3 is 2. The number of para-hydroxylation sites is 2. The van der Waals surface area contributed by atoms with E-state index in [0.717, 1.165) is 5.56 Å². The Morgan fingerprint density at radius 3 is 2.32 bits per heavy atom. The molecule has 0 aliphatic heterocycles. The maximum atomic E-state index is 13.2. The number of carbonyl (C=O) groups is 2. The maximum Gasteiger partial charge on any atom is 0.261 e. The largest absolute Gasteiger partial charge is 0.497 e. The molecule has 2 amide bonds. The molecule has 1 atom stereocenters. The van der Waals surface area contributed by atoms with E-state index < -0.39 is 6.04 Å². The van der Waals surface area contributed by atoms with Gasteiger partial charge in [-0.25, -0.2) is 0 Å². The molecule has 1 unspecified atom stereocenters. The number of hydrogen-bond acceptors (Lipinski definition) is 5. The number of carbonyl (C=O) groups excluding carboxylic acids is 2. The summed E-state index contributed by atoms with van der Waals surface area (Å²) in [6, 6.07) is 13.9. The van der Waals surface area contributed by atoms with E-state index in [9.17, 15) is 9.59 Å². The van der Waals surface area contributed by atoms with E-state index >= 15 is 0 Å². The van der Waals surface area contributed by atoms with Crippen LogP contribution in [0, 0.1) is 0 Å². The van der Waals surface area contributed by atoms with Crippen LogP contribution in [-0.4, -0.2) is 49.6 Å². The molecule has 0 bridgehead atoms. The van der Waals surface area contributed by atoms with E-state index in [-0.39, 0.29) is 31.0 Å². The van der Waals surface area contributed by atoms with Crippen molar-refractivity contribution in [1.82, 2.24) is 10.2 Å². The number of hydrogen-bond donors (Lipinski definition) is 1. The minimum Gasteiger partial charge on any atom is -0.497 e. The topological polar surface area (TPSA) is 77.1 Å². The molecule has 7 nitrogen and oxygen atoms in total. The molecule has 2 rings (SSSR count). The molecule has 7 heteroatoms. The van der Waals surface area contributed by atoms with E-state index in [2.05, 4.69) is 5.32 Å². The smallest absolute Gasteiger partial charge is 0.261 e. The molecule has 0 aliphatic carbocycles. The monoisotopic (exact) mass is 428 g/mol. The van der Waals surface area contributed by atoms with Gasteiger partial charge in [-0.05, 0) is 50.1 Å². The van der Waals surface area contributed by atoms with Crippen LogP contribution in [0.4, 0.5) is 0 Å². The van der Waals surface area contributed by atoms with Crippen LogP contribution in [0.5, 0.6) is 17.2 Å². The van der Waals surface area contributed by atoms with Crippen molar-refractivity contribution in [3.8, 4) is 17.2 Å². The van der Waals surface area contributed by atoms with Gasteiger partial charge in [-0.2, -0.15) is 0 Å².